The summed E-state index contributed by atoms with van der Waals surface area (Å²) < 4.78 is 0. The largest absolute Gasteiger partial charge is 0.354 e. The summed E-state index contributed by atoms with van der Waals surface area (Å²) in [5.41, 5.74) is 2.34. The van der Waals surface area contributed by atoms with Gasteiger partial charge in [0.05, 0.1) is 0 Å². The Hall–Kier alpha value is -0.790. The Morgan fingerprint density at radius 2 is 1.96 bits per heavy atom. The fourth-order valence-electron chi connectivity index (χ4n) is 6.95. The van der Waals surface area contributed by atoms with Crippen LogP contribution in [0.3, 0.4) is 0 Å². The maximum absolute atomic E-state index is 11.4. The van der Waals surface area contributed by atoms with Crippen LogP contribution < -0.4 is 5.32 Å². The first kappa shape index (κ1) is 16.7. The number of rotatable bonds is 1. The molecule has 0 saturated heterocycles. The molecule has 4 aliphatic carbocycles. The van der Waals surface area contributed by atoms with Crippen molar-refractivity contribution in [2.75, 3.05) is 0 Å². The van der Waals surface area contributed by atoms with Crippen LogP contribution in [-0.2, 0) is 4.79 Å². The van der Waals surface area contributed by atoms with Gasteiger partial charge in [0, 0.05) is 13.0 Å². The molecule has 24 heavy (non-hydrogen) atoms. The van der Waals surface area contributed by atoms with Crippen molar-refractivity contribution in [3.8, 4) is 0 Å². The zero-order valence-electron chi connectivity index (χ0n) is 15.6. The molecule has 4 aliphatic rings. The predicted molar refractivity (Wildman–Crippen MR) is 97.8 cm³/mol. The summed E-state index contributed by atoms with van der Waals surface area (Å²) in [6.45, 7) is 11.1. The third-order valence-corrected chi connectivity index (χ3v) is 8.52. The molecule has 0 heterocycles. The molecule has 0 aromatic rings. The van der Waals surface area contributed by atoms with Crippen LogP contribution in [0.15, 0.2) is 12.2 Å². The molecule has 2 radical (unpaired) electrons. The summed E-state index contributed by atoms with van der Waals surface area (Å²) in [5.74, 6) is 3.15. The maximum atomic E-state index is 11.4. The van der Waals surface area contributed by atoms with Crippen molar-refractivity contribution >= 4 is 5.91 Å². The molecule has 0 aliphatic heterocycles. The van der Waals surface area contributed by atoms with Gasteiger partial charge in [-0.2, -0.15) is 0 Å². The minimum absolute atomic E-state index is 0.124. The van der Waals surface area contributed by atoms with Gasteiger partial charge < -0.3 is 5.32 Å². The van der Waals surface area contributed by atoms with Crippen LogP contribution in [0.1, 0.15) is 65.7 Å². The highest BCUT2D eigenvalue weighted by atomic mass is 16.1. The van der Waals surface area contributed by atoms with Gasteiger partial charge in [0.1, 0.15) is 0 Å². The first-order valence-electron chi connectivity index (χ1n) is 9.98. The number of fused-ring (bicyclic) bond motifs is 5. The SMILES string of the molecule is C=C1CC[C@H]2[C@@H]3[CH][CH][C@H]4C[C@@H](NC(C)=O)CC[C@@]4(C)[C@H]3CC[C@]12C. The van der Waals surface area contributed by atoms with E-state index in [1.807, 2.05) is 0 Å². The average Bonchev–Trinajstić information content (AvgIpc) is 2.83. The third kappa shape index (κ3) is 2.31. The van der Waals surface area contributed by atoms with E-state index in [0.717, 1.165) is 30.6 Å². The topological polar surface area (TPSA) is 29.1 Å². The van der Waals surface area contributed by atoms with Crippen molar-refractivity contribution < 1.29 is 4.79 Å². The number of hydrogen-bond acceptors (Lipinski definition) is 1. The van der Waals surface area contributed by atoms with Gasteiger partial charge >= 0.3 is 0 Å². The summed E-state index contributed by atoms with van der Waals surface area (Å²) in [5, 5.41) is 3.17. The Bertz CT molecular complexity index is 554. The van der Waals surface area contributed by atoms with Gasteiger partial charge in [0.25, 0.3) is 0 Å². The molecule has 2 heteroatoms. The number of allylic oxidation sites excluding steroid dienone is 1. The van der Waals surface area contributed by atoms with E-state index in [1.54, 1.807) is 6.92 Å². The molecular weight excluding hydrogens is 294 g/mol. The summed E-state index contributed by atoms with van der Waals surface area (Å²) in [6, 6.07) is 0.377. The molecule has 0 spiro atoms. The molecule has 132 valence electrons. The lowest BCUT2D eigenvalue weighted by molar-refractivity contribution is -0.121. The Labute approximate surface area is 147 Å². The van der Waals surface area contributed by atoms with Gasteiger partial charge in [-0.1, -0.05) is 26.0 Å². The first-order valence-corrected chi connectivity index (χ1v) is 9.98. The molecule has 7 atom stereocenters. The summed E-state index contributed by atoms with van der Waals surface area (Å²) >= 11 is 0. The van der Waals surface area contributed by atoms with Gasteiger partial charge in [-0.05, 0) is 92.3 Å². The highest BCUT2D eigenvalue weighted by Gasteiger charge is 2.58. The Balaban J connectivity index is 1.54. The normalized spacial score (nSPS) is 50.6. The predicted octanol–water partition coefficient (Wildman–Crippen LogP) is 4.72. The highest BCUT2D eigenvalue weighted by molar-refractivity contribution is 5.73. The second kappa shape index (κ2) is 5.61. The van der Waals surface area contributed by atoms with Crippen LogP contribution in [0.4, 0.5) is 0 Å². The minimum atomic E-state index is 0.124. The van der Waals surface area contributed by atoms with E-state index in [9.17, 15) is 4.79 Å². The number of amides is 1. The zero-order valence-corrected chi connectivity index (χ0v) is 15.6. The minimum Gasteiger partial charge on any atom is -0.354 e. The van der Waals surface area contributed by atoms with E-state index in [1.165, 1.54) is 37.7 Å². The van der Waals surface area contributed by atoms with Crippen molar-refractivity contribution in [1.82, 2.24) is 5.32 Å². The smallest absolute Gasteiger partial charge is 0.217 e. The van der Waals surface area contributed by atoms with E-state index in [-0.39, 0.29) is 5.91 Å². The molecule has 2 nitrogen and oxygen atoms in total. The highest BCUT2D eigenvalue weighted by Crippen LogP contribution is 2.66. The standard InChI is InChI=1S/C22H33NO/c1-14-5-8-19-18-7-6-16-13-17(23-15(2)24)9-11-22(16,4)20(18)10-12-21(14,19)3/h6-7,16-20H,1,5,8-13H2,2-4H3,(H,23,24)/t16-,17-,18-,19-,20-,21+,22+/m0/s1. The van der Waals surface area contributed by atoms with Gasteiger partial charge in [-0.3, -0.25) is 4.79 Å². The molecule has 1 amide bonds. The van der Waals surface area contributed by atoms with Gasteiger partial charge in [-0.15, -0.1) is 0 Å². The molecule has 0 bridgehead atoms. The molecule has 4 rings (SSSR count). The lowest BCUT2D eigenvalue weighted by atomic mass is 9.45. The lowest BCUT2D eigenvalue weighted by Crippen LogP contribution is -2.55. The van der Waals surface area contributed by atoms with Crippen molar-refractivity contribution in [2.24, 2.45) is 34.5 Å². The molecule has 0 aromatic heterocycles. The Morgan fingerprint density at radius 3 is 2.71 bits per heavy atom. The van der Waals surface area contributed by atoms with E-state index in [0.29, 0.717) is 22.8 Å². The molecule has 1 N–H and O–H groups in total. The van der Waals surface area contributed by atoms with Crippen molar-refractivity contribution in [3.63, 3.8) is 0 Å². The number of carbonyl (C=O) groups excluding carboxylic acids is 1. The van der Waals surface area contributed by atoms with E-state index in [2.05, 4.69) is 38.6 Å². The van der Waals surface area contributed by atoms with Crippen LogP contribution >= 0.6 is 0 Å². The Morgan fingerprint density at radius 1 is 1.17 bits per heavy atom. The summed E-state index contributed by atoms with van der Waals surface area (Å²) in [4.78, 5) is 11.4. The summed E-state index contributed by atoms with van der Waals surface area (Å²) in [7, 11) is 0. The van der Waals surface area contributed by atoms with Crippen LogP contribution in [0.5, 0.6) is 0 Å². The number of carbonyl (C=O) groups is 1. The average molecular weight is 328 g/mol. The second-order valence-corrected chi connectivity index (χ2v) is 9.56. The second-order valence-electron chi connectivity index (χ2n) is 9.56. The molecule has 0 aromatic carbocycles. The number of nitrogens with one attached hydrogen (secondary N) is 1. The van der Waals surface area contributed by atoms with Crippen LogP contribution in [0.25, 0.3) is 0 Å². The van der Waals surface area contributed by atoms with Crippen molar-refractivity contribution in [2.45, 2.75) is 71.8 Å². The van der Waals surface area contributed by atoms with Crippen LogP contribution in [-0.4, -0.2) is 11.9 Å². The van der Waals surface area contributed by atoms with E-state index >= 15 is 0 Å². The molecule has 4 fully saturated rings. The third-order valence-electron chi connectivity index (χ3n) is 8.52. The van der Waals surface area contributed by atoms with Crippen LogP contribution in [0.2, 0.25) is 0 Å². The fraction of sp³-hybridized carbons (Fsp3) is 0.773. The van der Waals surface area contributed by atoms with Gasteiger partial charge in [0.15, 0.2) is 0 Å². The Kier molecular flexibility index (Phi) is 3.89. The first-order chi connectivity index (χ1) is 11.3. The molecule has 0 unspecified atom stereocenters. The maximum Gasteiger partial charge on any atom is 0.217 e. The van der Waals surface area contributed by atoms with Crippen molar-refractivity contribution in [1.29, 1.82) is 0 Å². The van der Waals surface area contributed by atoms with Gasteiger partial charge in [0.2, 0.25) is 5.91 Å². The molecule has 4 saturated carbocycles. The van der Waals surface area contributed by atoms with E-state index in [4.69, 9.17) is 0 Å². The fourth-order valence-corrected chi connectivity index (χ4v) is 6.95. The lowest BCUT2D eigenvalue weighted by Gasteiger charge is -2.60. The summed E-state index contributed by atoms with van der Waals surface area (Å²) in [6.07, 6.45) is 13.9. The van der Waals surface area contributed by atoms with Crippen LogP contribution in [0, 0.1) is 47.3 Å². The van der Waals surface area contributed by atoms with Gasteiger partial charge in [-0.25, -0.2) is 0 Å². The monoisotopic (exact) mass is 327 g/mol. The quantitative estimate of drug-likeness (QED) is 0.694. The van der Waals surface area contributed by atoms with Crippen molar-refractivity contribution in [3.05, 3.63) is 25.0 Å². The molecular formula is C22H33NO. The number of hydrogen-bond donors (Lipinski definition) is 1. The zero-order chi connectivity index (χ0) is 17.1. The van der Waals surface area contributed by atoms with E-state index < -0.39 is 0 Å².